The van der Waals surface area contributed by atoms with Crippen LogP contribution in [0.25, 0.3) is 11.1 Å². The van der Waals surface area contributed by atoms with Crippen molar-refractivity contribution in [1.29, 1.82) is 0 Å². The van der Waals surface area contributed by atoms with Gasteiger partial charge in [0.15, 0.2) is 0 Å². The predicted molar refractivity (Wildman–Crippen MR) is 72.9 cm³/mol. The van der Waals surface area contributed by atoms with Crippen LogP contribution in [0.4, 0.5) is 5.69 Å². The van der Waals surface area contributed by atoms with Crippen LogP contribution in [-0.4, -0.2) is 7.11 Å². The van der Waals surface area contributed by atoms with E-state index in [-0.39, 0.29) is 0 Å². The average Bonchev–Trinajstić information content (AvgIpc) is 2.32. The Hall–Kier alpha value is -1.38. The zero-order valence-corrected chi connectivity index (χ0v) is 10.7. The van der Waals surface area contributed by atoms with Crippen molar-refractivity contribution in [3.05, 3.63) is 46.4 Å². The Balaban J connectivity index is 2.49. The summed E-state index contributed by atoms with van der Waals surface area (Å²) in [6.45, 7) is 0. The molecule has 0 saturated heterocycles. The van der Waals surface area contributed by atoms with Gasteiger partial charge in [-0.2, -0.15) is 0 Å². The lowest BCUT2D eigenvalue weighted by atomic mass is 10.0. The Morgan fingerprint density at radius 2 is 1.76 bits per heavy atom. The number of hydrogen-bond acceptors (Lipinski definition) is 2. The van der Waals surface area contributed by atoms with E-state index in [2.05, 4.69) is 0 Å². The topological polar surface area (TPSA) is 35.2 Å². The van der Waals surface area contributed by atoms with Gasteiger partial charge in [0.05, 0.1) is 17.2 Å². The molecule has 17 heavy (non-hydrogen) atoms. The molecule has 2 nitrogen and oxygen atoms in total. The van der Waals surface area contributed by atoms with E-state index in [1.54, 1.807) is 25.3 Å². The van der Waals surface area contributed by atoms with Gasteiger partial charge < -0.3 is 10.5 Å². The van der Waals surface area contributed by atoms with Crippen LogP contribution in [0.1, 0.15) is 0 Å². The molecule has 0 aliphatic heterocycles. The van der Waals surface area contributed by atoms with E-state index in [4.69, 9.17) is 33.7 Å². The van der Waals surface area contributed by atoms with Crippen molar-refractivity contribution in [2.24, 2.45) is 0 Å². The lowest BCUT2D eigenvalue weighted by Crippen LogP contribution is -1.92. The lowest BCUT2D eigenvalue weighted by molar-refractivity contribution is 0.415. The van der Waals surface area contributed by atoms with Crippen molar-refractivity contribution >= 4 is 28.9 Å². The number of hydrogen-bond donors (Lipinski definition) is 1. The molecule has 0 aliphatic carbocycles. The smallest absolute Gasteiger partial charge is 0.120 e. The van der Waals surface area contributed by atoms with Gasteiger partial charge in [0.1, 0.15) is 5.75 Å². The van der Waals surface area contributed by atoms with Crippen molar-refractivity contribution in [2.45, 2.75) is 0 Å². The predicted octanol–water partition coefficient (Wildman–Crippen LogP) is 4.25. The van der Waals surface area contributed by atoms with E-state index in [1.807, 2.05) is 18.2 Å². The third-order valence-electron chi connectivity index (χ3n) is 2.49. The molecule has 0 saturated carbocycles. The van der Waals surface area contributed by atoms with Crippen LogP contribution in [0.5, 0.6) is 5.75 Å². The molecule has 2 aromatic rings. The summed E-state index contributed by atoms with van der Waals surface area (Å²) < 4.78 is 5.10. The quantitative estimate of drug-likeness (QED) is 0.826. The Bertz CT molecular complexity index is 555. The number of halogens is 2. The molecule has 0 amide bonds. The first-order valence-corrected chi connectivity index (χ1v) is 5.76. The van der Waals surface area contributed by atoms with Gasteiger partial charge in [-0.05, 0) is 29.8 Å². The van der Waals surface area contributed by atoms with E-state index < -0.39 is 0 Å². The molecule has 0 fully saturated rings. The third-order valence-corrected chi connectivity index (χ3v) is 3.23. The normalized spacial score (nSPS) is 10.3. The van der Waals surface area contributed by atoms with Crippen molar-refractivity contribution in [1.82, 2.24) is 0 Å². The van der Waals surface area contributed by atoms with Gasteiger partial charge in [-0.25, -0.2) is 0 Å². The van der Waals surface area contributed by atoms with E-state index in [0.717, 1.165) is 16.9 Å². The molecule has 0 spiro atoms. The minimum absolute atomic E-state index is 0.513. The maximum Gasteiger partial charge on any atom is 0.120 e. The highest BCUT2D eigenvalue weighted by Gasteiger charge is 2.06. The number of rotatable bonds is 2. The molecule has 4 heteroatoms. The summed E-state index contributed by atoms with van der Waals surface area (Å²) in [5.74, 6) is 0.728. The fraction of sp³-hybridized carbons (Fsp3) is 0.0769. The van der Waals surface area contributed by atoms with Crippen LogP contribution in [0, 0.1) is 0 Å². The molecule has 2 aromatic carbocycles. The number of nitrogens with two attached hydrogens (primary N) is 1. The SMILES string of the molecule is COc1ccc(-c2ccc(Cl)c(Cl)c2)c(N)c1. The molecule has 2 rings (SSSR count). The van der Waals surface area contributed by atoms with Crippen molar-refractivity contribution in [3.63, 3.8) is 0 Å². The molecule has 0 unspecified atom stereocenters. The Morgan fingerprint density at radius 3 is 2.35 bits per heavy atom. The maximum absolute atomic E-state index is 5.98. The van der Waals surface area contributed by atoms with Crippen LogP contribution in [0.15, 0.2) is 36.4 Å². The van der Waals surface area contributed by atoms with Crippen molar-refractivity contribution < 1.29 is 4.74 Å². The van der Waals surface area contributed by atoms with Gasteiger partial charge in [-0.15, -0.1) is 0 Å². The highest BCUT2D eigenvalue weighted by Crippen LogP contribution is 2.33. The fourth-order valence-corrected chi connectivity index (χ4v) is 1.89. The van der Waals surface area contributed by atoms with Gasteiger partial charge in [0.25, 0.3) is 0 Å². The van der Waals surface area contributed by atoms with E-state index in [9.17, 15) is 0 Å². The molecule has 0 bridgehead atoms. The fourth-order valence-electron chi connectivity index (χ4n) is 1.59. The minimum atomic E-state index is 0.513. The van der Waals surface area contributed by atoms with Crippen LogP contribution in [0.2, 0.25) is 10.0 Å². The summed E-state index contributed by atoms with van der Waals surface area (Å²) in [5.41, 5.74) is 8.44. The molecular formula is C13H11Cl2NO. The molecular weight excluding hydrogens is 257 g/mol. The monoisotopic (exact) mass is 267 g/mol. The Labute approximate surface area is 110 Å². The van der Waals surface area contributed by atoms with Gasteiger partial charge in [0.2, 0.25) is 0 Å². The largest absolute Gasteiger partial charge is 0.497 e. The minimum Gasteiger partial charge on any atom is -0.497 e. The summed E-state index contributed by atoms with van der Waals surface area (Å²) in [7, 11) is 1.60. The second kappa shape index (κ2) is 4.86. The summed E-state index contributed by atoms with van der Waals surface area (Å²) >= 11 is 11.8. The summed E-state index contributed by atoms with van der Waals surface area (Å²) in [6.07, 6.45) is 0. The summed E-state index contributed by atoms with van der Waals surface area (Å²) in [6, 6.07) is 11.0. The molecule has 88 valence electrons. The summed E-state index contributed by atoms with van der Waals surface area (Å²) in [5, 5.41) is 1.04. The van der Waals surface area contributed by atoms with Crippen LogP contribution in [-0.2, 0) is 0 Å². The van der Waals surface area contributed by atoms with E-state index in [0.29, 0.717) is 15.7 Å². The first-order valence-electron chi connectivity index (χ1n) is 5.01. The second-order valence-electron chi connectivity index (χ2n) is 3.58. The van der Waals surface area contributed by atoms with E-state index in [1.165, 1.54) is 0 Å². The molecule has 0 radical (unpaired) electrons. The molecule has 0 atom stereocenters. The first-order chi connectivity index (χ1) is 8.11. The molecule has 0 aromatic heterocycles. The number of nitrogen functional groups attached to an aromatic ring is 1. The number of anilines is 1. The Kier molecular flexibility index (Phi) is 3.46. The van der Waals surface area contributed by atoms with Crippen LogP contribution < -0.4 is 10.5 Å². The van der Waals surface area contributed by atoms with Crippen molar-refractivity contribution in [2.75, 3.05) is 12.8 Å². The number of benzene rings is 2. The van der Waals surface area contributed by atoms with Crippen LogP contribution in [0.3, 0.4) is 0 Å². The highest BCUT2D eigenvalue weighted by molar-refractivity contribution is 6.42. The average molecular weight is 268 g/mol. The van der Waals surface area contributed by atoms with Gasteiger partial charge in [-0.3, -0.25) is 0 Å². The standard InChI is InChI=1S/C13H11Cl2NO/c1-17-9-3-4-10(13(16)7-9)8-2-5-11(14)12(15)6-8/h2-7H,16H2,1H3. The zero-order valence-electron chi connectivity index (χ0n) is 9.21. The lowest BCUT2D eigenvalue weighted by Gasteiger charge is -2.08. The van der Waals surface area contributed by atoms with Gasteiger partial charge >= 0.3 is 0 Å². The Morgan fingerprint density at radius 1 is 1.00 bits per heavy atom. The van der Waals surface area contributed by atoms with Crippen LogP contribution >= 0.6 is 23.2 Å². The second-order valence-corrected chi connectivity index (χ2v) is 4.40. The first kappa shape index (κ1) is 12.1. The third kappa shape index (κ3) is 2.48. The maximum atomic E-state index is 5.98. The van der Waals surface area contributed by atoms with E-state index >= 15 is 0 Å². The van der Waals surface area contributed by atoms with Gasteiger partial charge in [0, 0.05) is 17.3 Å². The molecule has 2 N–H and O–H groups in total. The van der Waals surface area contributed by atoms with Gasteiger partial charge in [-0.1, -0.05) is 29.3 Å². The number of ether oxygens (including phenoxy) is 1. The molecule has 0 aliphatic rings. The molecule has 0 heterocycles. The van der Waals surface area contributed by atoms with Crippen molar-refractivity contribution in [3.8, 4) is 16.9 Å². The number of methoxy groups -OCH3 is 1. The highest BCUT2D eigenvalue weighted by atomic mass is 35.5. The summed E-state index contributed by atoms with van der Waals surface area (Å²) in [4.78, 5) is 0. The zero-order chi connectivity index (χ0) is 12.4.